The highest BCUT2D eigenvalue weighted by Crippen LogP contribution is 2.38. The summed E-state index contributed by atoms with van der Waals surface area (Å²) in [6.07, 6.45) is 5.20. The maximum absolute atomic E-state index is 9.18. The molecule has 4 N–H and O–H groups in total. The largest absolute Gasteiger partial charge is 0.382 e. The van der Waals surface area contributed by atoms with E-state index in [1.54, 1.807) is 19.5 Å². The van der Waals surface area contributed by atoms with Gasteiger partial charge in [0.05, 0.1) is 24.4 Å². The topological polar surface area (TPSA) is 115 Å². The van der Waals surface area contributed by atoms with Crippen LogP contribution in [0.3, 0.4) is 0 Å². The zero-order valence-electron chi connectivity index (χ0n) is 14.6. The van der Waals surface area contributed by atoms with Crippen LogP contribution in [0.15, 0.2) is 11.3 Å². The molecule has 0 aliphatic carbocycles. The molecule has 0 spiro atoms. The lowest BCUT2D eigenvalue weighted by Crippen LogP contribution is -2.37. The van der Waals surface area contributed by atoms with Crippen molar-refractivity contribution < 1.29 is 19.0 Å². The Balaban J connectivity index is 2.33. The molecule has 1 aromatic heterocycles. The summed E-state index contributed by atoms with van der Waals surface area (Å²) in [5, 5.41) is 1.55. The third-order valence-electron chi connectivity index (χ3n) is 4.06. The quantitative estimate of drug-likeness (QED) is 0.480. The number of nitrogens with two attached hydrogens (primary N) is 1. The van der Waals surface area contributed by atoms with E-state index >= 15 is 0 Å². The van der Waals surface area contributed by atoms with Crippen LogP contribution in [0.4, 0.5) is 0 Å². The van der Waals surface area contributed by atoms with Crippen LogP contribution in [0.2, 0.25) is 0 Å². The molecule has 2 unspecified atom stereocenters. The molecule has 1 aromatic rings. The summed E-state index contributed by atoms with van der Waals surface area (Å²) < 4.78 is 12.8. The Morgan fingerprint density at radius 2 is 2.32 bits per heavy atom. The van der Waals surface area contributed by atoms with Gasteiger partial charge in [0.1, 0.15) is 11.6 Å². The zero-order chi connectivity index (χ0) is 18.6. The molecule has 0 aromatic carbocycles. The van der Waals surface area contributed by atoms with Crippen LogP contribution in [0.5, 0.6) is 0 Å². The van der Waals surface area contributed by atoms with Crippen molar-refractivity contribution in [3.05, 3.63) is 17.0 Å². The van der Waals surface area contributed by atoms with E-state index in [9.17, 15) is 9.79 Å². The molecular formula is C15H25N4O4PS. The van der Waals surface area contributed by atoms with E-state index < -0.39 is 6.72 Å². The molecule has 0 radical (unpaired) electrons. The van der Waals surface area contributed by atoms with E-state index in [2.05, 4.69) is 28.7 Å². The lowest BCUT2D eigenvalue weighted by atomic mass is 10.2. The highest BCUT2D eigenvalue weighted by Gasteiger charge is 2.29. The molecule has 1 fully saturated rings. The Morgan fingerprint density at radius 3 is 2.92 bits per heavy atom. The number of imidazole rings is 1. The second-order valence-electron chi connectivity index (χ2n) is 5.83. The van der Waals surface area contributed by atoms with Gasteiger partial charge in [0.15, 0.2) is 5.82 Å². The summed E-state index contributed by atoms with van der Waals surface area (Å²) in [6.45, 7) is 2.29. The van der Waals surface area contributed by atoms with E-state index in [4.69, 9.17) is 15.0 Å². The van der Waals surface area contributed by atoms with E-state index in [-0.39, 0.29) is 18.9 Å². The average molecular weight is 388 g/mol. The SMILES string of the molecule is C\C=N/C(N)=c1/ncn(C2CCC(COP(O)(O)=S)O2)/c1=C(/C)CC. The molecule has 0 amide bonds. The van der Waals surface area contributed by atoms with Crippen molar-refractivity contribution in [2.75, 3.05) is 6.61 Å². The number of aromatic nitrogens is 2. The van der Waals surface area contributed by atoms with E-state index in [0.29, 0.717) is 11.2 Å². The smallest absolute Gasteiger partial charge is 0.321 e. The van der Waals surface area contributed by atoms with Crippen LogP contribution in [-0.2, 0) is 21.1 Å². The predicted octanol–water partition coefficient (Wildman–Crippen LogP) is 0.482. The maximum Gasteiger partial charge on any atom is 0.321 e. The van der Waals surface area contributed by atoms with Crippen molar-refractivity contribution in [2.45, 2.75) is 52.4 Å². The maximum atomic E-state index is 9.18. The Labute approximate surface area is 151 Å². The average Bonchev–Trinajstić information content (AvgIpc) is 3.18. The fourth-order valence-electron chi connectivity index (χ4n) is 2.75. The highest BCUT2D eigenvalue weighted by molar-refractivity contribution is 8.06. The number of aliphatic imine (C=N–C) groups is 1. The minimum absolute atomic E-state index is 0.0581. The van der Waals surface area contributed by atoms with Crippen molar-refractivity contribution >= 4 is 36.1 Å². The van der Waals surface area contributed by atoms with Gasteiger partial charge in [-0.3, -0.25) is 0 Å². The third-order valence-corrected chi connectivity index (χ3v) is 4.86. The van der Waals surface area contributed by atoms with E-state index in [0.717, 1.165) is 30.2 Å². The van der Waals surface area contributed by atoms with Gasteiger partial charge in [0, 0.05) is 6.21 Å². The van der Waals surface area contributed by atoms with Crippen LogP contribution >= 0.6 is 6.72 Å². The first-order chi connectivity index (χ1) is 11.8. The van der Waals surface area contributed by atoms with Crippen molar-refractivity contribution in [3.63, 3.8) is 0 Å². The summed E-state index contributed by atoms with van der Waals surface area (Å²) in [6, 6.07) is 0. The summed E-state index contributed by atoms with van der Waals surface area (Å²) in [4.78, 5) is 26.9. The van der Waals surface area contributed by atoms with Crippen LogP contribution in [0.1, 0.15) is 46.3 Å². The minimum Gasteiger partial charge on any atom is -0.382 e. The van der Waals surface area contributed by atoms with Crippen molar-refractivity contribution in [3.8, 4) is 0 Å². The Bertz CT molecular complexity index is 801. The summed E-state index contributed by atoms with van der Waals surface area (Å²) in [5.74, 6) is 0.364. The fraction of sp³-hybridized carbons (Fsp3) is 0.600. The van der Waals surface area contributed by atoms with Gasteiger partial charge in [-0.25, -0.2) is 9.98 Å². The van der Waals surface area contributed by atoms with Gasteiger partial charge in [0.25, 0.3) is 0 Å². The number of nitrogens with zero attached hydrogens (tertiary/aromatic N) is 3. The summed E-state index contributed by atoms with van der Waals surface area (Å²) in [5.41, 5.74) is 7.17. The molecule has 25 heavy (non-hydrogen) atoms. The van der Waals surface area contributed by atoms with Crippen LogP contribution in [0.25, 0.3) is 11.4 Å². The van der Waals surface area contributed by atoms with Gasteiger partial charge in [-0.1, -0.05) is 6.92 Å². The van der Waals surface area contributed by atoms with Crippen molar-refractivity contribution in [1.82, 2.24) is 9.55 Å². The molecule has 0 saturated carbocycles. The summed E-state index contributed by atoms with van der Waals surface area (Å²) >= 11 is 4.47. The molecule has 2 rings (SSSR count). The number of ether oxygens (including phenoxy) is 1. The second kappa shape index (κ2) is 8.53. The van der Waals surface area contributed by atoms with Gasteiger partial charge in [-0.05, 0) is 50.5 Å². The van der Waals surface area contributed by atoms with Crippen molar-refractivity contribution in [2.24, 2.45) is 10.7 Å². The van der Waals surface area contributed by atoms with Gasteiger partial charge in [-0.15, -0.1) is 0 Å². The molecule has 1 aliphatic heterocycles. The molecule has 8 nitrogen and oxygen atoms in total. The monoisotopic (exact) mass is 388 g/mol. The van der Waals surface area contributed by atoms with Gasteiger partial charge >= 0.3 is 6.72 Å². The molecule has 10 heteroatoms. The minimum atomic E-state index is -3.66. The standard InChI is InChI=1S/C15H25N4O4PS/c1-4-10(3)14-13(15(16)17-5-2)18-9-19(14)12-7-6-11(23-12)8-22-24(20,21)25/h5,9,11-12H,4,6-8,16H2,1-3H3,(H2,20,21,25)/b14-10-,15-13+,17-5-. The van der Waals surface area contributed by atoms with Crippen molar-refractivity contribution in [1.29, 1.82) is 0 Å². The molecule has 140 valence electrons. The predicted molar refractivity (Wildman–Crippen MR) is 100 cm³/mol. The Kier molecular flexibility index (Phi) is 6.90. The molecule has 0 bridgehead atoms. The van der Waals surface area contributed by atoms with Gasteiger partial charge < -0.3 is 29.3 Å². The van der Waals surface area contributed by atoms with Crippen LogP contribution in [0, 0.1) is 0 Å². The first-order valence-corrected chi connectivity index (χ1v) is 10.8. The lowest BCUT2D eigenvalue weighted by Gasteiger charge is -2.17. The third kappa shape index (κ3) is 5.20. The van der Waals surface area contributed by atoms with E-state index in [1.807, 2.05) is 11.5 Å². The summed E-state index contributed by atoms with van der Waals surface area (Å²) in [7, 11) is 0. The normalized spacial score (nSPS) is 24.0. The molecule has 2 atom stereocenters. The molecule has 1 aliphatic rings. The number of hydrogen-bond acceptors (Lipinski definition) is 6. The fourth-order valence-corrected chi connectivity index (χ4v) is 3.29. The zero-order valence-corrected chi connectivity index (χ0v) is 16.3. The first kappa shape index (κ1) is 20.2. The molecular weight excluding hydrogens is 363 g/mol. The highest BCUT2D eigenvalue weighted by atomic mass is 32.5. The van der Waals surface area contributed by atoms with Crippen LogP contribution < -0.4 is 16.4 Å². The van der Waals surface area contributed by atoms with E-state index in [1.165, 1.54) is 0 Å². The Hall–Kier alpha value is -1.09. The molecule has 2 heterocycles. The second-order valence-corrected chi connectivity index (χ2v) is 8.50. The first-order valence-electron chi connectivity index (χ1n) is 8.13. The Morgan fingerprint density at radius 1 is 1.60 bits per heavy atom. The number of hydrogen-bond donors (Lipinski definition) is 3. The molecule has 1 saturated heterocycles. The number of rotatable bonds is 6. The van der Waals surface area contributed by atoms with Crippen LogP contribution in [-0.4, -0.2) is 38.3 Å². The lowest BCUT2D eigenvalue weighted by molar-refractivity contribution is -0.0208. The van der Waals surface area contributed by atoms with Gasteiger partial charge in [0.2, 0.25) is 0 Å². The van der Waals surface area contributed by atoms with Gasteiger partial charge in [-0.2, -0.15) is 0 Å².